The van der Waals surface area contributed by atoms with Crippen LogP contribution >= 0.6 is 34.8 Å². The third-order valence-electron chi connectivity index (χ3n) is 10.6. The van der Waals surface area contributed by atoms with Gasteiger partial charge in [0.05, 0.1) is 13.0 Å². The van der Waals surface area contributed by atoms with Gasteiger partial charge in [-0.15, -0.1) is 0 Å². The standard InChI is InChI=1S/C29H44Cl3NO4/c1-18(2)13-15-33(26(35)37-17-29(30,31)32)23-16-28(4)21(11-12-22(28)25(34)36-5)20-10-9-19-8-6-7-14-27(19,3)24(20)23/h6-7,18-24H,8-17H2,1-5H3/t19-,20+,21+,22-,23-,24-,27+,28+/m1/s1. The molecule has 0 heterocycles. The molecule has 0 N–H and O–H groups in total. The van der Waals surface area contributed by atoms with Crippen molar-refractivity contribution in [2.75, 3.05) is 20.3 Å². The maximum Gasteiger partial charge on any atom is 0.410 e. The van der Waals surface area contributed by atoms with Crippen molar-refractivity contribution in [3.05, 3.63) is 12.2 Å². The second kappa shape index (κ2) is 11.1. The number of fused-ring (bicyclic) bond motifs is 5. The van der Waals surface area contributed by atoms with Gasteiger partial charge in [-0.25, -0.2) is 4.79 Å². The van der Waals surface area contributed by atoms with E-state index in [1.807, 2.05) is 4.90 Å². The van der Waals surface area contributed by atoms with Crippen LogP contribution in [-0.4, -0.2) is 47.1 Å². The number of nitrogens with zero attached hydrogens (tertiary/aromatic N) is 1. The molecule has 4 rings (SSSR count). The Bertz CT molecular complexity index is 889. The number of rotatable bonds is 6. The zero-order valence-corrected chi connectivity index (χ0v) is 25.2. The maximum absolute atomic E-state index is 13.7. The predicted molar refractivity (Wildman–Crippen MR) is 149 cm³/mol. The molecule has 37 heavy (non-hydrogen) atoms. The molecule has 0 spiro atoms. The number of halogens is 3. The molecular weight excluding hydrogens is 533 g/mol. The maximum atomic E-state index is 13.7. The molecule has 0 aromatic rings. The summed E-state index contributed by atoms with van der Waals surface area (Å²) in [7, 11) is 1.49. The fourth-order valence-electron chi connectivity index (χ4n) is 8.82. The zero-order valence-electron chi connectivity index (χ0n) is 23.0. The smallest absolute Gasteiger partial charge is 0.410 e. The van der Waals surface area contributed by atoms with Crippen molar-refractivity contribution in [1.82, 2.24) is 4.90 Å². The number of ether oxygens (including phenoxy) is 2. The van der Waals surface area contributed by atoms with Gasteiger partial charge in [0.2, 0.25) is 3.79 Å². The van der Waals surface area contributed by atoms with Gasteiger partial charge in [-0.3, -0.25) is 4.79 Å². The van der Waals surface area contributed by atoms with Gasteiger partial charge in [-0.1, -0.05) is 74.6 Å². The predicted octanol–water partition coefficient (Wildman–Crippen LogP) is 7.82. The van der Waals surface area contributed by atoms with E-state index in [0.29, 0.717) is 36.1 Å². The van der Waals surface area contributed by atoms with Crippen molar-refractivity contribution in [3.63, 3.8) is 0 Å². The number of esters is 1. The molecule has 0 aromatic carbocycles. The van der Waals surface area contributed by atoms with Gasteiger partial charge in [-0.2, -0.15) is 0 Å². The van der Waals surface area contributed by atoms with Gasteiger partial charge in [0.1, 0.15) is 6.61 Å². The lowest BCUT2D eigenvalue weighted by Gasteiger charge is -2.63. The average molecular weight is 577 g/mol. The molecule has 3 fully saturated rings. The van der Waals surface area contributed by atoms with Crippen LogP contribution in [0.3, 0.4) is 0 Å². The molecule has 210 valence electrons. The number of allylic oxidation sites excluding steroid dienone is 2. The van der Waals surface area contributed by atoms with Crippen molar-refractivity contribution in [3.8, 4) is 0 Å². The Morgan fingerprint density at radius 2 is 1.81 bits per heavy atom. The Kier molecular flexibility index (Phi) is 8.79. The normalized spacial score (nSPS) is 38.9. The SMILES string of the molecule is COC(=O)[C@H]1CC[C@H]2[C@@H]3CC[C@H]4CC=CC[C@]4(C)[C@H]3[C@H](N(CCC(C)C)C(=O)OCC(Cl)(Cl)Cl)C[C@]12C. The molecule has 4 aliphatic rings. The second-order valence-corrected chi connectivity index (χ2v) is 15.5. The topological polar surface area (TPSA) is 55.8 Å². The summed E-state index contributed by atoms with van der Waals surface area (Å²) in [5.74, 6) is 2.00. The van der Waals surface area contributed by atoms with Crippen molar-refractivity contribution in [2.24, 2.45) is 46.3 Å². The molecule has 0 unspecified atom stereocenters. The summed E-state index contributed by atoms with van der Waals surface area (Å²) in [6.07, 6.45) is 12.3. The molecular formula is C29H44Cl3NO4. The summed E-state index contributed by atoms with van der Waals surface area (Å²) < 4.78 is 9.26. The van der Waals surface area contributed by atoms with Crippen molar-refractivity contribution in [1.29, 1.82) is 0 Å². The van der Waals surface area contributed by atoms with Crippen molar-refractivity contribution >= 4 is 46.9 Å². The van der Waals surface area contributed by atoms with Crippen LogP contribution in [-0.2, 0) is 14.3 Å². The molecule has 3 saturated carbocycles. The number of amides is 1. The molecule has 0 saturated heterocycles. The quantitative estimate of drug-likeness (QED) is 0.184. The van der Waals surface area contributed by atoms with Gasteiger partial charge in [0.15, 0.2) is 0 Å². The number of hydrogen-bond acceptors (Lipinski definition) is 4. The van der Waals surface area contributed by atoms with Gasteiger partial charge in [0, 0.05) is 12.6 Å². The van der Waals surface area contributed by atoms with Crippen LogP contribution in [0.1, 0.15) is 79.1 Å². The number of carbonyl (C=O) groups excluding carboxylic acids is 2. The van der Waals surface area contributed by atoms with Crippen LogP contribution in [0.25, 0.3) is 0 Å². The average Bonchev–Trinajstić information content (AvgIpc) is 3.17. The first-order valence-electron chi connectivity index (χ1n) is 14.0. The minimum Gasteiger partial charge on any atom is -0.469 e. The van der Waals surface area contributed by atoms with Crippen LogP contribution in [0.4, 0.5) is 4.79 Å². The minimum atomic E-state index is -1.66. The van der Waals surface area contributed by atoms with E-state index in [1.165, 1.54) is 13.5 Å². The lowest BCUT2D eigenvalue weighted by atomic mass is 9.44. The van der Waals surface area contributed by atoms with E-state index >= 15 is 0 Å². The van der Waals surface area contributed by atoms with Crippen LogP contribution in [0.5, 0.6) is 0 Å². The van der Waals surface area contributed by atoms with Crippen LogP contribution < -0.4 is 0 Å². The van der Waals surface area contributed by atoms with E-state index in [9.17, 15) is 9.59 Å². The van der Waals surface area contributed by atoms with Gasteiger partial charge >= 0.3 is 12.1 Å². The summed E-state index contributed by atoms with van der Waals surface area (Å²) in [5.41, 5.74) is -0.128. The molecule has 4 aliphatic carbocycles. The van der Waals surface area contributed by atoms with Gasteiger partial charge in [-0.05, 0) is 91.8 Å². The van der Waals surface area contributed by atoms with Crippen LogP contribution in [0, 0.1) is 46.3 Å². The Labute approximate surface area is 237 Å². The van der Waals surface area contributed by atoms with Crippen molar-refractivity contribution in [2.45, 2.75) is 88.9 Å². The first kappa shape index (κ1) is 29.3. The monoisotopic (exact) mass is 575 g/mol. The van der Waals surface area contributed by atoms with E-state index in [4.69, 9.17) is 44.3 Å². The third-order valence-corrected chi connectivity index (χ3v) is 10.9. The second-order valence-electron chi connectivity index (χ2n) is 13.0. The van der Waals surface area contributed by atoms with E-state index in [-0.39, 0.29) is 35.4 Å². The van der Waals surface area contributed by atoms with Gasteiger partial charge in [0.25, 0.3) is 0 Å². The number of hydrogen-bond donors (Lipinski definition) is 0. The summed E-state index contributed by atoms with van der Waals surface area (Å²) in [4.78, 5) is 28.7. The molecule has 0 radical (unpaired) electrons. The Hall–Kier alpha value is -0.650. The van der Waals surface area contributed by atoms with E-state index in [0.717, 1.165) is 44.9 Å². The zero-order chi connectivity index (χ0) is 27.2. The highest BCUT2D eigenvalue weighted by atomic mass is 35.6. The van der Waals surface area contributed by atoms with Crippen LogP contribution in [0.15, 0.2) is 12.2 Å². The summed E-state index contributed by atoms with van der Waals surface area (Å²) in [5, 5.41) is 0. The number of alkyl halides is 3. The number of methoxy groups -OCH3 is 1. The Morgan fingerprint density at radius 3 is 2.46 bits per heavy atom. The van der Waals surface area contributed by atoms with Crippen LogP contribution in [0.2, 0.25) is 0 Å². The Morgan fingerprint density at radius 1 is 1.08 bits per heavy atom. The fraction of sp³-hybridized carbons (Fsp3) is 0.862. The van der Waals surface area contributed by atoms with E-state index < -0.39 is 9.89 Å². The summed E-state index contributed by atoms with van der Waals surface area (Å²) in [6.45, 7) is 9.36. The van der Waals surface area contributed by atoms with E-state index in [2.05, 4.69) is 39.8 Å². The summed E-state index contributed by atoms with van der Waals surface area (Å²) >= 11 is 17.9. The van der Waals surface area contributed by atoms with E-state index in [1.54, 1.807) is 0 Å². The third kappa shape index (κ3) is 5.66. The Balaban J connectivity index is 1.77. The highest BCUT2D eigenvalue weighted by Crippen LogP contribution is 2.67. The van der Waals surface area contributed by atoms with Crippen molar-refractivity contribution < 1.29 is 19.1 Å². The lowest BCUT2D eigenvalue weighted by Crippen LogP contribution is -2.63. The number of carbonyl (C=O) groups is 2. The minimum absolute atomic E-state index is 0.0440. The molecule has 0 aliphatic heterocycles. The first-order valence-corrected chi connectivity index (χ1v) is 15.2. The molecule has 8 atom stereocenters. The lowest BCUT2D eigenvalue weighted by molar-refractivity contribution is -0.161. The summed E-state index contributed by atoms with van der Waals surface area (Å²) in [6, 6.07) is -0.0440. The van der Waals surface area contributed by atoms with Gasteiger partial charge < -0.3 is 14.4 Å². The molecule has 0 bridgehead atoms. The molecule has 5 nitrogen and oxygen atoms in total. The molecule has 1 amide bonds. The highest BCUT2D eigenvalue weighted by Gasteiger charge is 2.65. The largest absolute Gasteiger partial charge is 0.469 e. The first-order chi connectivity index (χ1) is 17.3. The fourth-order valence-corrected chi connectivity index (χ4v) is 8.98. The molecule has 0 aromatic heterocycles. The molecule has 8 heteroatoms. The highest BCUT2D eigenvalue weighted by molar-refractivity contribution is 6.67.